The summed E-state index contributed by atoms with van der Waals surface area (Å²) >= 11 is 1.85. The third kappa shape index (κ3) is 5.71. The third-order valence-electron chi connectivity index (χ3n) is 11.1. The Morgan fingerprint density at radius 2 is 0.895 bits per heavy atom. The number of nitrogens with zero attached hydrogens (tertiary/aromatic N) is 1. The summed E-state index contributed by atoms with van der Waals surface area (Å²) in [6.07, 6.45) is 0. The Labute approximate surface area is 335 Å². The summed E-state index contributed by atoms with van der Waals surface area (Å²) in [7, 11) is 0. The molecule has 0 spiro atoms. The summed E-state index contributed by atoms with van der Waals surface area (Å²) in [6, 6.07) is 76.3. The molecular weight excluding hydrogens is 711 g/mol. The number of benzene rings is 9. The first-order valence-electron chi connectivity index (χ1n) is 19.3. The van der Waals surface area contributed by atoms with Gasteiger partial charge in [-0.1, -0.05) is 170 Å². The first kappa shape index (κ1) is 33.2. The van der Waals surface area contributed by atoms with Gasteiger partial charge in [-0.3, -0.25) is 0 Å². The fourth-order valence-electron chi connectivity index (χ4n) is 8.45. The number of hydrogen-bond acceptors (Lipinski definition) is 3. The van der Waals surface area contributed by atoms with Gasteiger partial charge in [-0.2, -0.15) is 0 Å². The second kappa shape index (κ2) is 13.8. The first-order chi connectivity index (χ1) is 28.3. The number of furan rings is 1. The number of fused-ring (bicyclic) bond motifs is 6. The predicted octanol–water partition coefficient (Wildman–Crippen LogP) is 16.1. The molecule has 0 saturated carbocycles. The molecule has 3 heteroatoms. The van der Waals surface area contributed by atoms with E-state index in [1.807, 2.05) is 17.4 Å². The van der Waals surface area contributed by atoms with Gasteiger partial charge >= 0.3 is 0 Å². The van der Waals surface area contributed by atoms with E-state index in [0.717, 1.165) is 61.3 Å². The van der Waals surface area contributed by atoms with Crippen molar-refractivity contribution in [1.82, 2.24) is 0 Å². The quantitative estimate of drug-likeness (QED) is 0.162. The van der Waals surface area contributed by atoms with Gasteiger partial charge in [0.05, 0.1) is 10.4 Å². The SMILES string of the molecule is c1ccc(-c2ccccc2-c2ccc(N(c3ccc(-c4ccccc4)c(-c4cccc5c4oc4ccccc45)c3)c3cccc4c3sc3ccccc34)cc2)cc1. The van der Waals surface area contributed by atoms with E-state index in [9.17, 15) is 0 Å². The number of hydrogen-bond donors (Lipinski definition) is 0. The van der Waals surface area contributed by atoms with E-state index >= 15 is 0 Å². The molecule has 57 heavy (non-hydrogen) atoms. The molecule has 11 aromatic rings. The highest BCUT2D eigenvalue weighted by molar-refractivity contribution is 7.26. The van der Waals surface area contributed by atoms with Gasteiger partial charge in [-0.25, -0.2) is 0 Å². The van der Waals surface area contributed by atoms with E-state index < -0.39 is 0 Å². The fraction of sp³-hybridized carbons (Fsp3) is 0. The molecule has 0 atom stereocenters. The van der Waals surface area contributed by atoms with Crippen LogP contribution in [0.1, 0.15) is 0 Å². The monoisotopic (exact) mass is 745 g/mol. The van der Waals surface area contributed by atoms with Crippen molar-refractivity contribution in [2.24, 2.45) is 0 Å². The molecule has 0 N–H and O–H groups in total. The second-order valence-electron chi connectivity index (χ2n) is 14.4. The van der Waals surface area contributed by atoms with Gasteiger partial charge in [0.2, 0.25) is 0 Å². The van der Waals surface area contributed by atoms with Gasteiger partial charge in [-0.15, -0.1) is 11.3 Å². The minimum absolute atomic E-state index is 0.893. The number of thiophene rings is 1. The molecule has 0 amide bonds. The van der Waals surface area contributed by atoms with Crippen LogP contribution in [0.4, 0.5) is 17.1 Å². The first-order valence-corrected chi connectivity index (χ1v) is 20.2. The topological polar surface area (TPSA) is 16.4 Å². The molecule has 0 bridgehead atoms. The molecule has 2 aromatic heterocycles. The highest BCUT2D eigenvalue weighted by atomic mass is 32.1. The maximum Gasteiger partial charge on any atom is 0.143 e. The Kier molecular flexibility index (Phi) is 8.04. The average Bonchev–Trinajstić information content (AvgIpc) is 3.87. The van der Waals surface area contributed by atoms with E-state index in [4.69, 9.17) is 4.42 Å². The Balaban J connectivity index is 1.14. The Morgan fingerprint density at radius 1 is 0.351 bits per heavy atom. The molecular formula is C54H35NOS. The molecule has 11 rings (SSSR count). The van der Waals surface area contributed by atoms with E-state index in [1.165, 1.54) is 42.4 Å². The lowest BCUT2D eigenvalue weighted by Gasteiger charge is -2.27. The Hall–Kier alpha value is -7.20. The minimum Gasteiger partial charge on any atom is -0.455 e. The maximum absolute atomic E-state index is 6.67. The molecule has 2 heterocycles. The molecule has 0 unspecified atom stereocenters. The summed E-state index contributed by atoms with van der Waals surface area (Å²) in [5.74, 6) is 0. The van der Waals surface area contributed by atoms with Gasteiger partial charge in [0.25, 0.3) is 0 Å². The summed E-state index contributed by atoms with van der Waals surface area (Å²) in [6.45, 7) is 0. The van der Waals surface area contributed by atoms with Crippen LogP contribution >= 0.6 is 11.3 Å². The Morgan fingerprint density at radius 3 is 1.65 bits per heavy atom. The van der Waals surface area contributed by atoms with Crippen LogP contribution in [0.3, 0.4) is 0 Å². The summed E-state index contributed by atoms with van der Waals surface area (Å²) < 4.78 is 9.21. The van der Waals surface area contributed by atoms with Crippen LogP contribution in [-0.4, -0.2) is 0 Å². The van der Waals surface area contributed by atoms with Crippen molar-refractivity contribution >= 4 is 70.5 Å². The zero-order valence-corrected chi connectivity index (χ0v) is 31.8. The van der Waals surface area contributed by atoms with Gasteiger partial charge in [0.15, 0.2) is 0 Å². The molecule has 0 aliphatic carbocycles. The van der Waals surface area contributed by atoms with Crippen LogP contribution in [0.2, 0.25) is 0 Å². The van der Waals surface area contributed by atoms with Crippen molar-refractivity contribution in [3.63, 3.8) is 0 Å². The zero-order valence-electron chi connectivity index (χ0n) is 31.0. The lowest BCUT2D eigenvalue weighted by Crippen LogP contribution is -2.10. The second-order valence-corrected chi connectivity index (χ2v) is 15.5. The van der Waals surface area contributed by atoms with Crippen LogP contribution < -0.4 is 4.90 Å². The fourth-order valence-corrected chi connectivity index (χ4v) is 9.66. The third-order valence-corrected chi connectivity index (χ3v) is 12.3. The molecule has 0 aliphatic heterocycles. The van der Waals surface area contributed by atoms with Crippen molar-refractivity contribution in [2.45, 2.75) is 0 Å². The smallest absolute Gasteiger partial charge is 0.143 e. The molecule has 2 nitrogen and oxygen atoms in total. The van der Waals surface area contributed by atoms with Crippen LogP contribution in [0.5, 0.6) is 0 Å². The van der Waals surface area contributed by atoms with Gasteiger partial charge < -0.3 is 9.32 Å². The van der Waals surface area contributed by atoms with Crippen molar-refractivity contribution in [3.8, 4) is 44.5 Å². The maximum atomic E-state index is 6.67. The van der Waals surface area contributed by atoms with Crippen LogP contribution in [0.15, 0.2) is 217 Å². The molecule has 268 valence electrons. The van der Waals surface area contributed by atoms with E-state index in [-0.39, 0.29) is 0 Å². The van der Waals surface area contributed by atoms with E-state index in [0.29, 0.717) is 0 Å². The van der Waals surface area contributed by atoms with Gasteiger partial charge in [0, 0.05) is 43.2 Å². The van der Waals surface area contributed by atoms with Crippen molar-refractivity contribution < 1.29 is 4.42 Å². The molecule has 9 aromatic carbocycles. The van der Waals surface area contributed by atoms with Crippen molar-refractivity contribution in [1.29, 1.82) is 0 Å². The predicted molar refractivity (Wildman–Crippen MR) is 243 cm³/mol. The van der Waals surface area contributed by atoms with Crippen molar-refractivity contribution in [2.75, 3.05) is 4.90 Å². The number of para-hydroxylation sites is 2. The number of rotatable bonds is 7. The highest BCUT2D eigenvalue weighted by Gasteiger charge is 2.22. The summed E-state index contributed by atoms with van der Waals surface area (Å²) in [5, 5.41) is 4.79. The lowest BCUT2D eigenvalue weighted by molar-refractivity contribution is 0.670. The van der Waals surface area contributed by atoms with E-state index in [1.54, 1.807) is 0 Å². The summed E-state index contributed by atoms with van der Waals surface area (Å²) in [4.78, 5) is 2.43. The molecule has 0 saturated heterocycles. The van der Waals surface area contributed by atoms with Crippen molar-refractivity contribution in [3.05, 3.63) is 212 Å². The van der Waals surface area contributed by atoms with Crippen LogP contribution in [-0.2, 0) is 0 Å². The standard InChI is InChI=1S/C54H35NOS/c1-3-15-36(16-4-1)41-19-7-8-20-42(41)38-29-31-39(32-30-38)55(50-26-14-25-48-45-22-10-12-28-52(45)57-54(48)50)40-33-34-43(37-17-5-2-6-18-37)49(35-40)47-24-13-23-46-44-21-9-11-27-51(44)56-53(46)47/h1-35H. The molecule has 0 aliphatic rings. The number of anilines is 3. The highest BCUT2D eigenvalue weighted by Crippen LogP contribution is 2.48. The van der Waals surface area contributed by atoms with Gasteiger partial charge in [0.1, 0.15) is 11.2 Å². The normalized spacial score (nSPS) is 11.5. The largest absolute Gasteiger partial charge is 0.455 e. The zero-order chi connectivity index (χ0) is 37.7. The average molecular weight is 746 g/mol. The summed E-state index contributed by atoms with van der Waals surface area (Å²) in [5.41, 5.74) is 14.4. The van der Waals surface area contributed by atoms with Crippen LogP contribution in [0, 0.1) is 0 Å². The van der Waals surface area contributed by atoms with Gasteiger partial charge in [-0.05, 0) is 81.4 Å². The minimum atomic E-state index is 0.893. The lowest BCUT2D eigenvalue weighted by atomic mass is 9.92. The van der Waals surface area contributed by atoms with E-state index in [2.05, 4.69) is 211 Å². The molecule has 0 fully saturated rings. The Bertz CT molecular complexity index is 3230. The van der Waals surface area contributed by atoms with Crippen LogP contribution in [0.25, 0.3) is 86.6 Å². The molecule has 0 radical (unpaired) electrons.